The number of furan rings is 1. The summed E-state index contributed by atoms with van der Waals surface area (Å²) < 4.78 is 5.87. The summed E-state index contributed by atoms with van der Waals surface area (Å²) in [7, 11) is 0. The van der Waals surface area contributed by atoms with Crippen LogP contribution in [0.5, 0.6) is 0 Å². The van der Waals surface area contributed by atoms with Gasteiger partial charge in [0.15, 0.2) is 0 Å². The normalized spacial score (nSPS) is 18.6. The van der Waals surface area contributed by atoms with Gasteiger partial charge in [-0.05, 0) is 41.7 Å². The first-order chi connectivity index (χ1) is 9.81. The summed E-state index contributed by atoms with van der Waals surface area (Å²) in [4.78, 5) is 0. The fourth-order valence-corrected chi connectivity index (χ4v) is 2.85. The van der Waals surface area contributed by atoms with Crippen LogP contribution in [0.15, 0.2) is 65.1 Å². The summed E-state index contributed by atoms with van der Waals surface area (Å²) in [6.07, 6.45) is 7.97. The number of hydrogen-bond acceptors (Lipinski definition) is 1. The summed E-state index contributed by atoms with van der Waals surface area (Å²) >= 11 is 0. The second kappa shape index (κ2) is 4.38. The maximum absolute atomic E-state index is 5.87. The average molecular weight is 260 g/mol. The molecule has 0 amide bonds. The molecule has 0 radical (unpaired) electrons. The minimum Gasteiger partial charge on any atom is -0.456 e. The molecule has 0 fully saturated rings. The third kappa shape index (κ3) is 1.78. The van der Waals surface area contributed by atoms with Crippen LogP contribution in [-0.2, 0) is 0 Å². The number of allylic oxidation sites excluding steroid dienone is 4. The molecule has 1 heteroatoms. The Kier molecular flexibility index (Phi) is 2.53. The highest BCUT2D eigenvalue weighted by molar-refractivity contribution is 6.06. The molecule has 1 heterocycles. The van der Waals surface area contributed by atoms with Gasteiger partial charge in [0.25, 0.3) is 0 Å². The Labute approximate surface area is 118 Å². The lowest BCUT2D eigenvalue weighted by Gasteiger charge is -2.11. The fraction of sp³-hybridized carbons (Fsp3) is 0.158. The van der Waals surface area contributed by atoms with E-state index in [0.29, 0.717) is 5.92 Å². The maximum Gasteiger partial charge on any atom is 0.135 e. The Hall–Kier alpha value is -2.28. The predicted molar refractivity (Wildman–Crippen MR) is 84.6 cm³/mol. The third-order valence-electron chi connectivity index (χ3n) is 4.02. The van der Waals surface area contributed by atoms with Crippen LogP contribution in [0, 0.1) is 5.92 Å². The monoisotopic (exact) mass is 260 g/mol. The second-order valence-corrected chi connectivity index (χ2v) is 5.54. The number of fused-ring (bicyclic) bond motifs is 3. The van der Waals surface area contributed by atoms with E-state index in [9.17, 15) is 0 Å². The van der Waals surface area contributed by atoms with Gasteiger partial charge in [-0.3, -0.25) is 0 Å². The van der Waals surface area contributed by atoms with E-state index >= 15 is 0 Å². The highest BCUT2D eigenvalue weighted by Gasteiger charge is 2.10. The first kappa shape index (κ1) is 11.5. The Bertz CT molecular complexity index is 848. The molecule has 0 saturated heterocycles. The molecule has 2 aromatic carbocycles. The highest BCUT2D eigenvalue weighted by Crippen LogP contribution is 2.32. The smallest absolute Gasteiger partial charge is 0.135 e. The predicted octanol–water partition coefficient (Wildman–Crippen LogP) is 5.57. The van der Waals surface area contributed by atoms with Crippen molar-refractivity contribution in [2.75, 3.05) is 0 Å². The van der Waals surface area contributed by atoms with Crippen LogP contribution in [0.4, 0.5) is 0 Å². The van der Waals surface area contributed by atoms with Gasteiger partial charge in [0.2, 0.25) is 0 Å². The molecule has 3 aromatic rings. The highest BCUT2D eigenvalue weighted by atomic mass is 16.3. The summed E-state index contributed by atoms with van der Waals surface area (Å²) in [5, 5.41) is 2.39. The number of rotatable bonds is 1. The van der Waals surface area contributed by atoms with Gasteiger partial charge in [0, 0.05) is 10.8 Å². The van der Waals surface area contributed by atoms with Crippen LogP contribution < -0.4 is 0 Å². The zero-order chi connectivity index (χ0) is 13.5. The lowest BCUT2D eigenvalue weighted by Crippen LogP contribution is -1.93. The Balaban J connectivity index is 1.90. The van der Waals surface area contributed by atoms with Gasteiger partial charge in [-0.2, -0.15) is 0 Å². The fourth-order valence-electron chi connectivity index (χ4n) is 2.85. The minimum atomic E-state index is 0.650. The summed E-state index contributed by atoms with van der Waals surface area (Å²) in [6, 6.07) is 14.7. The van der Waals surface area contributed by atoms with Crippen LogP contribution in [-0.4, -0.2) is 0 Å². The molecule has 1 aromatic heterocycles. The number of hydrogen-bond donors (Lipinski definition) is 0. The van der Waals surface area contributed by atoms with Crippen molar-refractivity contribution < 1.29 is 4.42 Å². The molecule has 0 spiro atoms. The molecule has 98 valence electrons. The molecule has 4 rings (SSSR count). The zero-order valence-electron chi connectivity index (χ0n) is 11.5. The van der Waals surface area contributed by atoms with Crippen molar-refractivity contribution >= 4 is 27.5 Å². The summed E-state index contributed by atoms with van der Waals surface area (Å²) in [5.74, 6) is 0.650. The van der Waals surface area contributed by atoms with Gasteiger partial charge in [-0.25, -0.2) is 0 Å². The van der Waals surface area contributed by atoms with Crippen molar-refractivity contribution in [2.45, 2.75) is 13.3 Å². The van der Waals surface area contributed by atoms with Crippen molar-refractivity contribution in [3.8, 4) is 0 Å². The van der Waals surface area contributed by atoms with E-state index in [2.05, 4.69) is 55.5 Å². The van der Waals surface area contributed by atoms with Crippen LogP contribution in [0.1, 0.15) is 18.9 Å². The van der Waals surface area contributed by atoms with Crippen LogP contribution in [0.2, 0.25) is 0 Å². The van der Waals surface area contributed by atoms with Gasteiger partial charge in [0.1, 0.15) is 11.2 Å². The van der Waals surface area contributed by atoms with E-state index in [4.69, 9.17) is 4.42 Å². The van der Waals surface area contributed by atoms with Gasteiger partial charge in [-0.1, -0.05) is 49.4 Å². The van der Waals surface area contributed by atoms with Crippen molar-refractivity contribution in [1.29, 1.82) is 0 Å². The van der Waals surface area contributed by atoms with Crippen LogP contribution in [0.3, 0.4) is 0 Å². The molecule has 0 bridgehead atoms. The standard InChI is InChI=1S/C19H16O/c1-13-6-8-14(9-7-13)15-10-11-19-17(12-15)16-4-2-3-5-18(16)20-19/h2-6,8-13H,7H2,1H3/t13-/m1/s1. The van der Waals surface area contributed by atoms with Gasteiger partial charge in [0.05, 0.1) is 0 Å². The molecule has 0 N–H and O–H groups in total. The topological polar surface area (TPSA) is 13.1 Å². The molecule has 20 heavy (non-hydrogen) atoms. The quantitative estimate of drug-likeness (QED) is 0.558. The van der Waals surface area contributed by atoms with Gasteiger partial charge >= 0.3 is 0 Å². The van der Waals surface area contributed by atoms with Crippen molar-refractivity contribution in [1.82, 2.24) is 0 Å². The Morgan fingerprint density at radius 1 is 1.00 bits per heavy atom. The maximum atomic E-state index is 5.87. The molecule has 1 aliphatic carbocycles. The minimum absolute atomic E-state index is 0.650. The lowest BCUT2D eigenvalue weighted by molar-refractivity contribution is 0.669. The van der Waals surface area contributed by atoms with E-state index in [1.165, 1.54) is 21.9 Å². The van der Waals surface area contributed by atoms with Crippen molar-refractivity contribution in [3.05, 3.63) is 66.3 Å². The molecule has 1 atom stereocenters. The van der Waals surface area contributed by atoms with E-state index < -0.39 is 0 Å². The Morgan fingerprint density at radius 3 is 2.70 bits per heavy atom. The SMILES string of the molecule is C[C@@H]1C=CC(c2ccc3oc4ccccc4c3c2)=CC1. The molecule has 1 nitrogen and oxygen atoms in total. The molecular formula is C19H16O. The molecule has 0 saturated carbocycles. The van der Waals surface area contributed by atoms with E-state index in [1.807, 2.05) is 12.1 Å². The lowest BCUT2D eigenvalue weighted by atomic mass is 9.93. The summed E-state index contributed by atoms with van der Waals surface area (Å²) in [5.41, 5.74) is 4.51. The zero-order valence-corrected chi connectivity index (χ0v) is 11.5. The van der Waals surface area contributed by atoms with E-state index in [-0.39, 0.29) is 0 Å². The second-order valence-electron chi connectivity index (χ2n) is 5.54. The van der Waals surface area contributed by atoms with Crippen LogP contribution in [0.25, 0.3) is 27.5 Å². The van der Waals surface area contributed by atoms with Gasteiger partial charge in [-0.15, -0.1) is 0 Å². The molecule has 0 aliphatic heterocycles. The van der Waals surface area contributed by atoms with Crippen molar-refractivity contribution in [3.63, 3.8) is 0 Å². The molecule has 0 unspecified atom stereocenters. The van der Waals surface area contributed by atoms with E-state index in [0.717, 1.165) is 17.6 Å². The largest absolute Gasteiger partial charge is 0.456 e. The summed E-state index contributed by atoms with van der Waals surface area (Å²) in [6.45, 7) is 2.25. The number of para-hydroxylation sites is 1. The van der Waals surface area contributed by atoms with Gasteiger partial charge < -0.3 is 4.42 Å². The number of benzene rings is 2. The average Bonchev–Trinajstić information content (AvgIpc) is 2.86. The molecular weight excluding hydrogens is 244 g/mol. The molecule has 1 aliphatic rings. The third-order valence-corrected chi connectivity index (χ3v) is 4.02. The first-order valence-corrected chi connectivity index (χ1v) is 7.11. The van der Waals surface area contributed by atoms with Crippen LogP contribution >= 0.6 is 0 Å². The first-order valence-electron chi connectivity index (χ1n) is 7.11. The van der Waals surface area contributed by atoms with E-state index in [1.54, 1.807) is 0 Å². The Morgan fingerprint density at radius 2 is 1.85 bits per heavy atom. The van der Waals surface area contributed by atoms with Crippen molar-refractivity contribution in [2.24, 2.45) is 5.92 Å².